The second-order valence-corrected chi connectivity index (χ2v) is 8.98. The Morgan fingerprint density at radius 2 is 1.81 bits per heavy atom. The maximum atomic E-state index is 14.0. The van der Waals surface area contributed by atoms with Gasteiger partial charge in [-0.2, -0.15) is 4.37 Å². The molecule has 0 unspecified atom stereocenters. The largest absolute Gasteiger partial charge is 0.464 e. The molecule has 0 saturated carbocycles. The molecule has 9 nitrogen and oxygen atoms in total. The second-order valence-electron chi connectivity index (χ2n) is 8.21. The fourth-order valence-electron chi connectivity index (χ4n) is 3.76. The number of benzene rings is 2. The SMILES string of the molecule is Cc1cccc(N(C(=O)c2snc(C(N)=O)c2N)[C@@H](C(=O)NCc2ccccc2)c2ccc(C)o2)c1. The predicted octanol–water partition coefficient (Wildman–Crippen LogP) is 3.74. The third-order valence-electron chi connectivity index (χ3n) is 5.50. The fourth-order valence-corrected chi connectivity index (χ4v) is 4.50. The van der Waals surface area contributed by atoms with Crippen LogP contribution in [0.1, 0.15) is 48.8 Å². The number of nitrogen functional groups attached to an aromatic ring is 1. The van der Waals surface area contributed by atoms with E-state index in [-0.39, 0.29) is 28.6 Å². The van der Waals surface area contributed by atoms with E-state index < -0.39 is 23.8 Å². The minimum Gasteiger partial charge on any atom is -0.464 e. The molecule has 0 aliphatic carbocycles. The van der Waals surface area contributed by atoms with E-state index in [2.05, 4.69) is 9.69 Å². The van der Waals surface area contributed by atoms with Crippen LogP contribution in [-0.2, 0) is 11.3 Å². The highest BCUT2D eigenvalue weighted by Crippen LogP contribution is 2.34. The highest BCUT2D eigenvalue weighted by atomic mass is 32.1. The summed E-state index contributed by atoms with van der Waals surface area (Å²) in [5.74, 6) is -1.07. The van der Waals surface area contributed by atoms with Crippen LogP contribution in [0.2, 0.25) is 0 Å². The number of carbonyl (C=O) groups excluding carboxylic acids is 3. The Balaban J connectivity index is 1.81. The van der Waals surface area contributed by atoms with Crippen molar-refractivity contribution in [1.82, 2.24) is 9.69 Å². The number of primary amides is 1. The molecule has 5 N–H and O–H groups in total. The molecular weight excluding hydrogens is 478 g/mol. The van der Waals surface area contributed by atoms with Gasteiger partial charge in [-0.05, 0) is 60.8 Å². The van der Waals surface area contributed by atoms with Crippen molar-refractivity contribution in [1.29, 1.82) is 0 Å². The Labute approximate surface area is 211 Å². The molecule has 2 aromatic carbocycles. The van der Waals surface area contributed by atoms with E-state index in [9.17, 15) is 14.4 Å². The first kappa shape index (κ1) is 24.7. The lowest BCUT2D eigenvalue weighted by Gasteiger charge is -2.30. The van der Waals surface area contributed by atoms with E-state index >= 15 is 0 Å². The summed E-state index contributed by atoms with van der Waals surface area (Å²) >= 11 is 0.750. The molecule has 0 saturated heterocycles. The minimum absolute atomic E-state index is 0.00514. The van der Waals surface area contributed by atoms with Gasteiger partial charge in [-0.15, -0.1) is 0 Å². The zero-order valence-electron chi connectivity index (χ0n) is 19.7. The molecule has 2 aromatic heterocycles. The quantitative estimate of drug-likeness (QED) is 0.334. The van der Waals surface area contributed by atoms with Crippen LogP contribution in [0.3, 0.4) is 0 Å². The molecule has 4 aromatic rings. The highest BCUT2D eigenvalue weighted by molar-refractivity contribution is 7.09. The average Bonchev–Trinajstić information content (AvgIpc) is 3.46. The fraction of sp³-hybridized carbons (Fsp3) is 0.154. The maximum Gasteiger partial charge on any atom is 0.273 e. The average molecular weight is 504 g/mol. The van der Waals surface area contributed by atoms with E-state index in [1.54, 1.807) is 37.3 Å². The lowest BCUT2D eigenvalue weighted by atomic mass is 10.1. The van der Waals surface area contributed by atoms with Crippen LogP contribution >= 0.6 is 11.5 Å². The van der Waals surface area contributed by atoms with Gasteiger partial charge < -0.3 is 21.2 Å². The first-order valence-electron chi connectivity index (χ1n) is 11.1. The first-order chi connectivity index (χ1) is 17.3. The normalized spacial score (nSPS) is 11.6. The molecule has 0 fully saturated rings. The molecule has 0 spiro atoms. The van der Waals surface area contributed by atoms with E-state index in [1.807, 2.05) is 43.3 Å². The van der Waals surface area contributed by atoms with E-state index in [0.717, 1.165) is 22.7 Å². The third kappa shape index (κ3) is 5.13. The summed E-state index contributed by atoms with van der Waals surface area (Å²) in [5, 5.41) is 2.91. The monoisotopic (exact) mass is 503 g/mol. The van der Waals surface area contributed by atoms with Crippen LogP contribution in [0, 0.1) is 13.8 Å². The summed E-state index contributed by atoms with van der Waals surface area (Å²) in [5.41, 5.74) is 13.3. The Kier molecular flexibility index (Phi) is 7.16. The number of hydrogen-bond acceptors (Lipinski definition) is 7. The molecule has 2 heterocycles. The lowest BCUT2D eigenvalue weighted by molar-refractivity contribution is -0.123. The van der Waals surface area contributed by atoms with Crippen LogP contribution in [0.4, 0.5) is 11.4 Å². The topological polar surface area (TPSA) is 145 Å². The van der Waals surface area contributed by atoms with Crippen LogP contribution in [-0.4, -0.2) is 22.1 Å². The van der Waals surface area contributed by atoms with Gasteiger partial charge in [-0.25, -0.2) is 0 Å². The molecule has 36 heavy (non-hydrogen) atoms. The number of amides is 3. The van der Waals surface area contributed by atoms with Crippen molar-refractivity contribution in [2.45, 2.75) is 26.4 Å². The second kappa shape index (κ2) is 10.4. The van der Waals surface area contributed by atoms with Gasteiger partial charge in [0.05, 0.1) is 5.69 Å². The molecule has 3 amide bonds. The van der Waals surface area contributed by atoms with Crippen molar-refractivity contribution >= 4 is 40.6 Å². The molecule has 0 aliphatic heterocycles. The standard InChI is InChI=1S/C26H25N5O4S/c1-15-7-6-10-18(13-15)31(26(34)23-20(27)21(24(28)32)30-36-23)22(19-12-11-16(2)35-19)25(33)29-14-17-8-4-3-5-9-17/h3-13,22H,14,27H2,1-2H3,(H2,28,32)(H,29,33)/t22-/m1/s1. The molecular formula is C26H25N5O4S. The predicted molar refractivity (Wildman–Crippen MR) is 138 cm³/mol. The Morgan fingerprint density at radius 1 is 1.06 bits per heavy atom. The van der Waals surface area contributed by atoms with Crippen LogP contribution in [0.25, 0.3) is 0 Å². The number of nitrogens with two attached hydrogens (primary N) is 2. The summed E-state index contributed by atoms with van der Waals surface area (Å²) in [7, 11) is 0. The number of hydrogen-bond donors (Lipinski definition) is 3. The highest BCUT2D eigenvalue weighted by Gasteiger charge is 2.37. The number of anilines is 2. The van der Waals surface area contributed by atoms with Gasteiger partial charge in [0.25, 0.3) is 17.7 Å². The summed E-state index contributed by atoms with van der Waals surface area (Å²) < 4.78 is 9.80. The van der Waals surface area contributed by atoms with Gasteiger partial charge in [-0.1, -0.05) is 42.5 Å². The zero-order valence-corrected chi connectivity index (χ0v) is 20.5. The third-order valence-corrected chi connectivity index (χ3v) is 6.35. The van der Waals surface area contributed by atoms with E-state index in [1.165, 1.54) is 4.90 Å². The van der Waals surface area contributed by atoms with Gasteiger partial charge in [0.2, 0.25) is 0 Å². The number of nitrogens with zero attached hydrogens (tertiary/aromatic N) is 2. The van der Waals surface area contributed by atoms with Crippen LogP contribution in [0.5, 0.6) is 0 Å². The van der Waals surface area contributed by atoms with Crippen molar-refractivity contribution < 1.29 is 18.8 Å². The number of aromatic nitrogens is 1. The molecule has 1 atom stereocenters. The van der Waals surface area contributed by atoms with Crippen molar-refractivity contribution in [2.24, 2.45) is 5.73 Å². The van der Waals surface area contributed by atoms with Crippen LogP contribution < -0.4 is 21.7 Å². The number of aryl methyl sites for hydroxylation is 2. The first-order valence-corrected chi connectivity index (χ1v) is 11.9. The molecule has 0 radical (unpaired) electrons. The van der Waals surface area contributed by atoms with Crippen molar-refractivity contribution in [2.75, 3.05) is 10.6 Å². The summed E-state index contributed by atoms with van der Waals surface area (Å²) in [4.78, 5) is 40.6. The van der Waals surface area contributed by atoms with E-state index in [4.69, 9.17) is 15.9 Å². The molecule has 0 bridgehead atoms. The number of rotatable bonds is 8. The Hall–Kier alpha value is -4.44. The molecule has 4 rings (SSSR count). The Bertz CT molecular complexity index is 1410. The summed E-state index contributed by atoms with van der Waals surface area (Å²) in [6.45, 7) is 3.88. The van der Waals surface area contributed by atoms with Gasteiger partial charge in [0.15, 0.2) is 11.7 Å². The molecule has 184 valence electrons. The number of carbonyl (C=O) groups is 3. The smallest absolute Gasteiger partial charge is 0.273 e. The van der Waals surface area contributed by atoms with Gasteiger partial charge >= 0.3 is 0 Å². The van der Waals surface area contributed by atoms with Crippen molar-refractivity contribution in [3.8, 4) is 0 Å². The number of furan rings is 1. The minimum atomic E-state index is -1.17. The van der Waals surface area contributed by atoms with Gasteiger partial charge in [0.1, 0.15) is 16.4 Å². The Morgan fingerprint density at radius 3 is 2.42 bits per heavy atom. The molecule has 10 heteroatoms. The summed E-state index contributed by atoms with van der Waals surface area (Å²) in [6.07, 6.45) is 0. The van der Waals surface area contributed by atoms with Crippen LogP contribution in [0.15, 0.2) is 71.1 Å². The molecule has 0 aliphatic rings. The lowest BCUT2D eigenvalue weighted by Crippen LogP contribution is -2.43. The van der Waals surface area contributed by atoms with Crippen molar-refractivity contribution in [3.05, 3.63) is 99.9 Å². The summed E-state index contributed by atoms with van der Waals surface area (Å²) in [6, 6.07) is 18.8. The van der Waals surface area contributed by atoms with Crippen molar-refractivity contribution in [3.63, 3.8) is 0 Å². The van der Waals surface area contributed by atoms with Gasteiger partial charge in [0, 0.05) is 12.2 Å². The zero-order chi connectivity index (χ0) is 25.8. The maximum absolute atomic E-state index is 14.0. The van der Waals surface area contributed by atoms with Gasteiger partial charge in [-0.3, -0.25) is 19.3 Å². The van der Waals surface area contributed by atoms with E-state index in [0.29, 0.717) is 11.4 Å². The number of nitrogens with one attached hydrogen (secondary N) is 1.